The molecule has 0 aliphatic carbocycles. The third kappa shape index (κ3) is 3.89. The number of amides is 1. The van der Waals surface area contributed by atoms with Crippen molar-refractivity contribution in [3.05, 3.63) is 35.4 Å². The van der Waals surface area contributed by atoms with E-state index in [9.17, 15) is 26.7 Å². The van der Waals surface area contributed by atoms with Crippen molar-refractivity contribution in [1.29, 1.82) is 0 Å². The van der Waals surface area contributed by atoms with Crippen LogP contribution >= 0.6 is 0 Å². The number of hydrogen-bond acceptors (Lipinski definition) is 2. The number of likely N-dealkylation sites (N-methyl/N-ethyl adjacent to an activating group) is 1. The molecule has 0 fully saturated rings. The molecule has 0 saturated heterocycles. The summed E-state index contributed by atoms with van der Waals surface area (Å²) in [4.78, 5) is 12.4. The Morgan fingerprint density at radius 2 is 1.75 bits per heavy atom. The summed E-state index contributed by atoms with van der Waals surface area (Å²) in [6.07, 6.45) is -4.93. The Hall–Kier alpha value is -1.70. The predicted molar refractivity (Wildman–Crippen MR) is 61.9 cm³/mol. The van der Waals surface area contributed by atoms with E-state index in [0.717, 1.165) is 23.1 Å². The van der Waals surface area contributed by atoms with Gasteiger partial charge in [-0.3, -0.25) is 10.1 Å². The van der Waals surface area contributed by atoms with Crippen molar-refractivity contribution in [1.82, 2.24) is 10.2 Å². The maximum atomic E-state index is 13.4. The Bertz CT molecular complexity index is 467. The van der Waals surface area contributed by atoms with Crippen molar-refractivity contribution < 1.29 is 26.7 Å². The smallest absolute Gasteiger partial charge is 0.348 e. The third-order valence-electron chi connectivity index (χ3n) is 2.57. The summed E-state index contributed by atoms with van der Waals surface area (Å²) in [5.74, 6) is -3.29. The molecule has 0 radical (unpaired) electrons. The van der Waals surface area contributed by atoms with Crippen molar-refractivity contribution in [2.45, 2.75) is 12.2 Å². The normalized spacial score (nSPS) is 13.2. The third-order valence-corrected chi connectivity index (χ3v) is 2.57. The monoisotopic (exact) mass is 296 g/mol. The zero-order valence-corrected chi connectivity index (χ0v) is 10.8. The number of nitrogens with zero attached hydrogens (tertiary/aromatic N) is 1. The number of rotatable bonds is 4. The van der Waals surface area contributed by atoms with Crippen molar-refractivity contribution in [2.75, 3.05) is 20.6 Å². The maximum Gasteiger partial charge on any atom is 0.408 e. The molecule has 1 aromatic rings. The van der Waals surface area contributed by atoms with Gasteiger partial charge in [-0.2, -0.15) is 13.2 Å². The SMILES string of the molecule is CN(C)C(=O)CN[C@@H](c1c(F)cccc1F)C(F)(F)F. The Morgan fingerprint density at radius 1 is 1.25 bits per heavy atom. The lowest BCUT2D eigenvalue weighted by Crippen LogP contribution is -2.41. The van der Waals surface area contributed by atoms with Crippen LogP contribution in [0.4, 0.5) is 22.0 Å². The molecule has 0 bridgehead atoms. The molecule has 0 heterocycles. The fraction of sp³-hybridized carbons (Fsp3) is 0.417. The second kappa shape index (κ2) is 6.17. The summed E-state index contributed by atoms with van der Waals surface area (Å²) in [6, 6.07) is -0.168. The Balaban J connectivity index is 3.06. The van der Waals surface area contributed by atoms with Crippen LogP contribution in [0, 0.1) is 11.6 Å². The van der Waals surface area contributed by atoms with E-state index in [-0.39, 0.29) is 0 Å². The highest BCUT2D eigenvalue weighted by Gasteiger charge is 2.43. The fourth-order valence-electron chi connectivity index (χ4n) is 1.52. The van der Waals surface area contributed by atoms with E-state index in [4.69, 9.17) is 0 Å². The Kier molecular flexibility index (Phi) is 5.04. The number of nitrogens with one attached hydrogen (secondary N) is 1. The molecule has 0 aromatic heterocycles. The van der Waals surface area contributed by atoms with Crippen molar-refractivity contribution >= 4 is 5.91 Å². The van der Waals surface area contributed by atoms with Gasteiger partial charge in [0.25, 0.3) is 0 Å². The number of halogens is 5. The summed E-state index contributed by atoms with van der Waals surface area (Å²) in [5, 5.41) is 1.84. The molecule has 3 nitrogen and oxygen atoms in total. The molecular formula is C12H13F5N2O. The lowest BCUT2D eigenvalue weighted by Gasteiger charge is -2.23. The molecule has 0 unspecified atom stereocenters. The molecule has 1 rings (SSSR count). The lowest BCUT2D eigenvalue weighted by atomic mass is 10.0. The molecule has 0 spiro atoms. The van der Waals surface area contributed by atoms with E-state index in [0.29, 0.717) is 0 Å². The zero-order chi connectivity index (χ0) is 15.5. The highest BCUT2D eigenvalue weighted by molar-refractivity contribution is 5.77. The van der Waals surface area contributed by atoms with Gasteiger partial charge in [-0.25, -0.2) is 8.78 Å². The minimum atomic E-state index is -4.93. The molecule has 1 aromatic carbocycles. The predicted octanol–water partition coefficient (Wildman–Crippen LogP) is 2.25. The van der Waals surface area contributed by atoms with Crippen LogP contribution in [-0.2, 0) is 4.79 Å². The van der Waals surface area contributed by atoms with Gasteiger partial charge in [0.2, 0.25) is 5.91 Å². The van der Waals surface area contributed by atoms with Crippen LogP contribution in [0.3, 0.4) is 0 Å². The van der Waals surface area contributed by atoms with Crippen molar-refractivity contribution in [2.24, 2.45) is 0 Å². The topological polar surface area (TPSA) is 32.3 Å². The largest absolute Gasteiger partial charge is 0.408 e. The number of carbonyl (C=O) groups is 1. The first kappa shape index (κ1) is 16.4. The summed E-state index contributed by atoms with van der Waals surface area (Å²) >= 11 is 0. The van der Waals surface area contributed by atoms with Crippen LogP contribution < -0.4 is 5.32 Å². The molecule has 8 heteroatoms. The number of carbonyl (C=O) groups excluding carboxylic acids is 1. The second-order valence-corrected chi connectivity index (χ2v) is 4.28. The minimum absolute atomic E-state index is 0.643. The first-order valence-corrected chi connectivity index (χ1v) is 5.58. The maximum absolute atomic E-state index is 13.4. The molecule has 112 valence electrons. The van der Waals surface area contributed by atoms with Crippen LogP contribution in [-0.4, -0.2) is 37.6 Å². The quantitative estimate of drug-likeness (QED) is 0.864. The van der Waals surface area contributed by atoms with E-state index < -0.39 is 41.9 Å². The Morgan fingerprint density at radius 3 is 2.15 bits per heavy atom. The molecule has 0 aliphatic rings. The van der Waals surface area contributed by atoms with Crippen LogP contribution in [0.1, 0.15) is 11.6 Å². The summed E-state index contributed by atoms with van der Waals surface area (Å²) in [7, 11) is 2.71. The highest BCUT2D eigenvalue weighted by Crippen LogP contribution is 2.35. The van der Waals surface area contributed by atoms with Gasteiger partial charge >= 0.3 is 6.18 Å². The number of hydrogen-bond donors (Lipinski definition) is 1. The molecule has 0 saturated carbocycles. The average Bonchev–Trinajstić information content (AvgIpc) is 2.30. The van der Waals surface area contributed by atoms with Gasteiger partial charge in [0, 0.05) is 19.7 Å². The van der Waals surface area contributed by atoms with Gasteiger partial charge in [0.15, 0.2) is 0 Å². The van der Waals surface area contributed by atoms with Crippen LogP contribution in [0.25, 0.3) is 0 Å². The molecule has 1 atom stereocenters. The van der Waals surface area contributed by atoms with Crippen molar-refractivity contribution in [3.63, 3.8) is 0 Å². The second-order valence-electron chi connectivity index (χ2n) is 4.28. The van der Waals surface area contributed by atoms with E-state index in [1.165, 1.54) is 14.1 Å². The minimum Gasteiger partial charge on any atom is -0.348 e. The fourth-order valence-corrected chi connectivity index (χ4v) is 1.52. The van der Waals surface area contributed by atoms with Crippen molar-refractivity contribution in [3.8, 4) is 0 Å². The standard InChI is InChI=1S/C12H13F5N2O/c1-19(2)9(20)6-18-11(12(15,16)17)10-7(13)4-3-5-8(10)14/h3-5,11,18H,6H2,1-2H3/t11-/m0/s1. The highest BCUT2D eigenvalue weighted by atomic mass is 19.4. The van der Waals surface area contributed by atoms with Crippen LogP contribution in [0.5, 0.6) is 0 Å². The Labute approximate surface area is 112 Å². The van der Waals surface area contributed by atoms with Crippen LogP contribution in [0.2, 0.25) is 0 Å². The van der Waals surface area contributed by atoms with Gasteiger partial charge < -0.3 is 4.90 Å². The van der Waals surface area contributed by atoms with Gasteiger partial charge in [-0.1, -0.05) is 6.07 Å². The number of benzene rings is 1. The number of alkyl halides is 3. The average molecular weight is 296 g/mol. The summed E-state index contributed by atoms with van der Waals surface area (Å²) in [6.45, 7) is -0.690. The molecule has 0 aliphatic heterocycles. The zero-order valence-electron chi connectivity index (χ0n) is 10.8. The first-order valence-electron chi connectivity index (χ1n) is 5.58. The molecule has 20 heavy (non-hydrogen) atoms. The summed E-state index contributed by atoms with van der Waals surface area (Å²) in [5.41, 5.74) is -1.15. The molecule has 1 amide bonds. The van der Waals surface area contributed by atoms with E-state index in [1.54, 1.807) is 0 Å². The first-order chi connectivity index (χ1) is 9.14. The lowest BCUT2D eigenvalue weighted by molar-refractivity contribution is -0.160. The van der Waals surface area contributed by atoms with Gasteiger partial charge in [-0.05, 0) is 12.1 Å². The van der Waals surface area contributed by atoms with Crippen LogP contribution in [0.15, 0.2) is 18.2 Å². The molecule has 1 N–H and O–H groups in total. The van der Waals surface area contributed by atoms with Gasteiger partial charge in [0.05, 0.1) is 6.54 Å². The van der Waals surface area contributed by atoms with E-state index in [1.807, 2.05) is 5.32 Å². The van der Waals surface area contributed by atoms with E-state index >= 15 is 0 Å². The van der Waals surface area contributed by atoms with Gasteiger partial charge in [0.1, 0.15) is 17.7 Å². The van der Waals surface area contributed by atoms with Gasteiger partial charge in [-0.15, -0.1) is 0 Å². The molecular weight excluding hydrogens is 283 g/mol. The van der Waals surface area contributed by atoms with E-state index in [2.05, 4.69) is 0 Å². The summed E-state index contributed by atoms with van der Waals surface area (Å²) < 4.78 is 65.6.